The maximum absolute atomic E-state index is 12.1. The first-order valence-corrected chi connectivity index (χ1v) is 14.1. The summed E-state index contributed by atoms with van der Waals surface area (Å²) >= 11 is 6.03. The molecule has 13 heteroatoms. The molecule has 0 bridgehead atoms. The molecule has 3 N–H and O–H groups in total. The van der Waals surface area contributed by atoms with Crippen LogP contribution in [0.25, 0.3) is 11.3 Å². The highest BCUT2D eigenvalue weighted by Crippen LogP contribution is 2.27. The fraction of sp³-hybridized carbons (Fsp3) is 0.360. The number of aromatic nitrogens is 1. The number of sulfonamides is 1. The Labute approximate surface area is 232 Å². The third kappa shape index (κ3) is 8.34. The number of carbonyl (C=O) groups excluding carboxylic acids is 1. The van der Waals surface area contributed by atoms with Crippen molar-refractivity contribution in [2.24, 2.45) is 0 Å². The standard InChI is InChI=1S/C25H29ClN4O6S.ClH/c1-37(33,34)29-21-13-18(5-8-20(21)26)23(31)15-27-9-12-35-19-6-3-17(4-7-19)22-16-36-24(28-22)14-25(32)30-10-2-11-30;/h3-8,13,16,23,27,29,31H,2,9-12,14-15H2,1H3;1H/t23-;/m0./s1. The van der Waals surface area contributed by atoms with E-state index < -0.39 is 16.1 Å². The lowest BCUT2D eigenvalue weighted by atomic mass is 10.1. The Balaban J connectivity index is 0.00000400. The molecule has 206 valence electrons. The summed E-state index contributed by atoms with van der Waals surface area (Å²) in [6.07, 6.45) is 2.94. The summed E-state index contributed by atoms with van der Waals surface area (Å²) < 4.78 is 36.5. The molecule has 4 rings (SSSR count). The maximum Gasteiger partial charge on any atom is 0.231 e. The number of hydrogen-bond acceptors (Lipinski definition) is 8. The summed E-state index contributed by atoms with van der Waals surface area (Å²) in [6, 6.07) is 12.1. The van der Waals surface area contributed by atoms with Crippen molar-refractivity contribution < 1.29 is 27.5 Å². The number of hydrogen-bond donors (Lipinski definition) is 3. The Morgan fingerprint density at radius 3 is 2.63 bits per heavy atom. The molecular formula is C25H30Cl2N4O6S. The highest BCUT2D eigenvalue weighted by atomic mass is 35.5. The van der Waals surface area contributed by atoms with Gasteiger partial charge in [-0.2, -0.15) is 0 Å². The predicted molar refractivity (Wildman–Crippen MR) is 147 cm³/mol. The second kappa shape index (κ2) is 13.3. The summed E-state index contributed by atoms with van der Waals surface area (Å²) in [5, 5.41) is 13.8. The second-order valence-corrected chi connectivity index (χ2v) is 10.9. The fourth-order valence-electron chi connectivity index (χ4n) is 3.68. The molecule has 38 heavy (non-hydrogen) atoms. The number of nitrogens with zero attached hydrogens (tertiary/aromatic N) is 2. The first-order valence-electron chi connectivity index (χ1n) is 11.8. The number of ether oxygens (including phenoxy) is 1. The minimum Gasteiger partial charge on any atom is -0.492 e. The van der Waals surface area contributed by atoms with Gasteiger partial charge in [0.05, 0.1) is 23.1 Å². The van der Waals surface area contributed by atoms with Gasteiger partial charge in [0, 0.05) is 31.7 Å². The van der Waals surface area contributed by atoms with Gasteiger partial charge in [-0.25, -0.2) is 13.4 Å². The van der Waals surface area contributed by atoms with Crippen LogP contribution >= 0.6 is 24.0 Å². The molecule has 1 atom stereocenters. The van der Waals surface area contributed by atoms with Crippen LogP contribution < -0.4 is 14.8 Å². The number of benzene rings is 2. The molecule has 2 heterocycles. The number of oxazole rings is 1. The third-order valence-corrected chi connectivity index (χ3v) is 6.69. The summed E-state index contributed by atoms with van der Waals surface area (Å²) in [5.74, 6) is 1.12. The van der Waals surface area contributed by atoms with Gasteiger partial charge in [0.25, 0.3) is 0 Å². The number of amides is 1. The first-order chi connectivity index (χ1) is 17.7. The van der Waals surface area contributed by atoms with Crippen molar-refractivity contribution in [2.75, 3.05) is 43.8 Å². The predicted octanol–water partition coefficient (Wildman–Crippen LogP) is 3.27. The Hall–Kier alpha value is -2.83. The van der Waals surface area contributed by atoms with Crippen molar-refractivity contribution in [1.29, 1.82) is 0 Å². The zero-order valence-corrected chi connectivity index (χ0v) is 23.1. The van der Waals surface area contributed by atoms with Gasteiger partial charge in [0.15, 0.2) is 0 Å². The maximum atomic E-state index is 12.1. The Kier molecular flexibility index (Phi) is 10.4. The number of aliphatic hydroxyl groups is 1. The summed E-state index contributed by atoms with van der Waals surface area (Å²) in [6.45, 7) is 2.71. The van der Waals surface area contributed by atoms with Gasteiger partial charge in [0.2, 0.25) is 21.8 Å². The first kappa shape index (κ1) is 29.7. The van der Waals surface area contributed by atoms with Crippen LogP contribution in [-0.2, 0) is 21.2 Å². The van der Waals surface area contributed by atoms with Crippen LogP contribution in [0.1, 0.15) is 24.0 Å². The summed E-state index contributed by atoms with van der Waals surface area (Å²) in [4.78, 5) is 18.3. The van der Waals surface area contributed by atoms with E-state index in [1.54, 1.807) is 17.2 Å². The molecule has 0 radical (unpaired) electrons. The van der Waals surface area contributed by atoms with E-state index in [0.717, 1.165) is 31.3 Å². The van der Waals surface area contributed by atoms with Crippen LogP contribution in [0.2, 0.25) is 5.02 Å². The van der Waals surface area contributed by atoms with Gasteiger partial charge in [-0.05, 0) is 48.4 Å². The van der Waals surface area contributed by atoms with Crippen molar-refractivity contribution in [1.82, 2.24) is 15.2 Å². The molecule has 1 fully saturated rings. The highest BCUT2D eigenvalue weighted by molar-refractivity contribution is 7.92. The normalized spacial score (nSPS) is 13.8. The molecule has 10 nitrogen and oxygen atoms in total. The minimum absolute atomic E-state index is 0. The van der Waals surface area contributed by atoms with E-state index in [0.29, 0.717) is 36.0 Å². The number of likely N-dealkylation sites (tertiary alicyclic amines) is 1. The zero-order valence-electron chi connectivity index (χ0n) is 20.7. The van der Waals surface area contributed by atoms with Gasteiger partial charge in [-0.3, -0.25) is 9.52 Å². The lowest BCUT2D eigenvalue weighted by Gasteiger charge is -2.30. The molecule has 1 amide bonds. The lowest BCUT2D eigenvalue weighted by Crippen LogP contribution is -2.42. The van der Waals surface area contributed by atoms with Gasteiger partial charge in [-0.15, -0.1) is 12.4 Å². The fourth-order valence-corrected chi connectivity index (χ4v) is 4.47. The van der Waals surface area contributed by atoms with E-state index in [-0.39, 0.29) is 42.0 Å². The average Bonchev–Trinajstić information content (AvgIpc) is 3.27. The Bertz CT molecular complexity index is 1330. The largest absolute Gasteiger partial charge is 0.492 e. The van der Waals surface area contributed by atoms with Crippen LogP contribution in [0.4, 0.5) is 5.69 Å². The monoisotopic (exact) mass is 584 g/mol. The number of aliphatic hydroxyl groups excluding tert-OH is 1. The molecule has 0 aliphatic carbocycles. The van der Waals surface area contributed by atoms with Crippen molar-refractivity contribution in [3.05, 3.63) is 65.2 Å². The van der Waals surface area contributed by atoms with E-state index >= 15 is 0 Å². The highest BCUT2D eigenvalue weighted by Gasteiger charge is 2.22. The Morgan fingerprint density at radius 2 is 1.97 bits per heavy atom. The number of anilines is 1. The van der Waals surface area contributed by atoms with Crippen molar-refractivity contribution in [2.45, 2.75) is 18.9 Å². The van der Waals surface area contributed by atoms with Gasteiger partial charge < -0.3 is 24.5 Å². The van der Waals surface area contributed by atoms with E-state index in [2.05, 4.69) is 15.0 Å². The summed E-state index contributed by atoms with van der Waals surface area (Å²) in [5.41, 5.74) is 2.26. The zero-order chi connectivity index (χ0) is 26.4. The Morgan fingerprint density at radius 1 is 1.24 bits per heavy atom. The van der Waals surface area contributed by atoms with E-state index in [1.165, 1.54) is 12.1 Å². The van der Waals surface area contributed by atoms with E-state index in [1.807, 2.05) is 24.3 Å². The SMILES string of the molecule is CS(=O)(=O)Nc1cc([C@@H](O)CNCCOc2ccc(-c3coc(CC(=O)N4CCC4)n3)cc2)ccc1Cl.Cl. The second-order valence-electron chi connectivity index (χ2n) is 8.74. The van der Waals surface area contributed by atoms with Crippen LogP contribution in [0.5, 0.6) is 5.75 Å². The third-order valence-electron chi connectivity index (χ3n) is 5.77. The van der Waals surface area contributed by atoms with Gasteiger partial charge >= 0.3 is 0 Å². The molecule has 2 aromatic carbocycles. The van der Waals surface area contributed by atoms with Crippen LogP contribution in [0.15, 0.2) is 53.1 Å². The topological polar surface area (TPSA) is 134 Å². The average molecular weight is 586 g/mol. The molecule has 3 aromatic rings. The van der Waals surface area contributed by atoms with Crippen LogP contribution in [0.3, 0.4) is 0 Å². The van der Waals surface area contributed by atoms with Gasteiger partial charge in [-0.1, -0.05) is 17.7 Å². The lowest BCUT2D eigenvalue weighted by molar-refractivity contribution is -0.134. The molecule has 1 aliphatic rings. The van der Waals surface area contributed by atoms with Gasteiger partial charge in [0.1, 0.15) is 30.7 Å². The molecular weight excluding hydrogens is 555 g/mol. The molecule has 1 aliphatic heterocycles. The molecule has 0 spiro atoms. The number of nitrogens with one attached hydrogen (secondary N) is 2. The minimum atomic E-state index is -3.49. The van der Waals surface area contributed by atoms with Crippen molar-refractivity contribution in [3.63, 3.8) is 0 Å². The van der Waals surface area contributed by atoms with E-state index in [9.17, 15) is 18.3 Å². The van der Waals surface area contributed by atoms with Crippen molar-refractivity contribution in [3.8, 4) is 17.0 Å². The molecule has 0 saturated carbocycles. The van der Waals surface area contributed by atoms with Crippen molar-refractivity contribution >= 4 is 45.6 Å². The number of halogens is 2. The van der Waals surface area contributed by atoms with E-state index in [4.69, 9.17) is 20.8 Å². The quantitative estimate of drug-likeness (QED) is 0.276. The molecule has 0 unspecified atom stereocenters. The summed E-state index contributed by atoms with van der Waals surface area (Å²) in [7, 11) is -3.49. The number of carbonyl (C=O) groups is 1. The smallest absolute Gasteiger partial charge is 0.231 e. The molecule has 1 saturated heterocycles. The van der Waals surface area contributed by atoms with Crippen LogP contribution in [0, 0.1) is 0 Å². The van der Waals surface area contributed by atoms with Crippen LogP contribution in [-0.4, -0.2) is 68.4 Å². The molecule has 1 aromatic heterocycles. The number of rotatable bonds is 12.